The van der Waals surface area contributed by atoms with E-state index in [4.69, 9.17) is 9.72 Å². The Morgan fingerprint density at radius 2 is 1.94 bits per heavy atom. The summed E-state index contributed by atoms with van der Waals surface area (Å²) in [6.45, 7) is 5.59. The zero-order valence-corrected chi connectivity index (χ0v) is 20.5. The van der Waals surface area contributed by atoms with Gasteiger partial charge in [0.25, 0.3) is 5.91 Å². The minimum atomic E-state index is -0.275. The number of aromatic amines is 1. The molecular formula is C28H28N6O2. The molecule has 1 aliphatic rings. The lowest BCUT2D eigenvalue weighted by molar-refractivity contribution is 0.0940. The number of aromatic nitrogens is 4. The van der Waals surface area contributed by atoms with E-state index in [0.717, 1.165) is 63.7 Å². The predicted molar refractivity (Wildman–Crippen MR) is 141 cm³/mol. The molecule has 8 nitrogen and oxygen atoms in total. The number of hydrogen-bond donors (Lipinski definition) is 2. The molecule has 1 amide bonds. The molecule has 0 unspecified atom stereocenters. The fraction of sp³-hybridized carbons (Fsp3) is 0.286. The fourth-order valence-corrected chi connectivity index (χ4v) is 5.16. The van der Waals surface area contributed by atoms with Gasteiger partial charge in [-0.2, -0.15) is 0 Å². The Kier molecular flexibility index (Phi) is 5.73. The van der Waals surface area contributed by atoms with Gasteiger partial charge < -0.3 is 19.9 Å². The summed E-state index contributed by atoms with van der Waals surface area (Å²) in [6, 6.07) is 14.0. The van der Waals surface area contributed by atoms with E-state index in [1.807, 2.05) is 49.4 Å². The van der Waals surface area contributed by atoms with E-state index in [0.29, 0.717) is 17.9 Å². The van der Waals surface area contributed by atoms with Gasteiger partial charge >= 0.3 is 0 Å². The van der Waals surface area contributed by atoms with Crippen molar-refractivity contribution in [3.05, 3.63) is 60.0 Å². The van der Waals surface area contributed by atoms with E-state index in [-0.39, 0.29) is 11.7 Å². The first-order chi connectivity index (χ1) is 17.6. The van der Waals surface area contributed by atoms with Crippen LogP contribution in [0.4, 0.5) is 0 Å². The number of pyridine rings is 1. The van der Waals surface area contributed by atoms with Crippen LogP contribution in [0.3, 0.4) is 0 Å². The van der Waals surface area contributed by atoms with Crippen LogP contribution >= 0.6 is 0 Å². The van der Waals surface area contributed by atoms with Gasteiger partial charge in [0.05, 0.1) is 23.7 Å². The zero-order chi connectivity index (χ0) is 24.6. The molecule has 0 aliphatic carbocycles. The monoisotopic (exact) mass is 480 g/mol. The summed E-state index contributed by atoms with van der Waals surface area (Å²) in [5.74, 6) is 0.663. The zero-order valence-electron chi connectivity index (χ0n) is 20.5. The summed E-state index contributed by atoms with van der Waals surface area (Å²) in [4.78, 5) is 33.0. The van der Waals surface area contributed by atoms with Gasteiger partial charge in [-0.25, -0.2) is 9.97 Å². The third-order valence-corrected chi connectivity index (χ3v) is 6.99. The molecule has 182 valence electrons. The second-order valence-corrected chi connectivity index (χ2v) is 9.29. The minimum absolute atomic E-state index is 0.148. The lowest BCUT2D eigenvalue weighted by Crippen LogP contribution is -2.34. The molecule has 5 aromatic rings. The van der Waals surface area contributed by atoms with Gasteiger partial charge in [0.2, 0.25) is 5.82 Å². The first-order valence-corrected chi connectivity index (χ1v) is 12.3. The van der Waals surface area contributed by atoms with Crippen molar-refractivity contribution in [2.75, 3.05) is 33.3 Å². The van der Waals surface area contributed by atoms with Crippen molar-refractivity contribution in [2.45, 2.75) is 19.8 Å². The Bertz CT molecular complexity index is 1600. The number of nitrogens with zero attached hydrogens (tertiary/aromatic N) is 4. The van der Waals surface area contributed by atoms with E-state index in [9.17, 15) is 4.79 Å². The predicted octanol–water partition coefficient (Wildman–Crippen LogP) is 4.47. The standard InChI is InChI=1S/C28H28N6O2/c1-17-15-22-20(16-23(17)36-2)24-25(19-9-10-29-21-8-4-3-7-18(19)21)32-27(33-26(24)31-22)28(35)30-11-14-34-12-5-6-13-34/h3-4,7-10,15-16H,5-6,11-14H2,1-2H3,(H,30,35)(H,31,32,33). The first kappa shape index (κ1) is 22.4. The van der Waals surface area contributed by atoms with E-state index in [1.54, 1.807) is 13.3 Å². The maximum absolute atomic E-state index is 13.2. The number of para-hydroxylation sites is 1. The number of H-pyrrole nitrogens is 1. The van der Waals surface area contributed by atoms with Crippen LogP contribution < -0.4 is 10.1 Å². The molecule has 0 atom stereocenters. The number of ether oxygens (including phenoxy) is 1. The summed E-state index contributed by atoms with van der Waals surface area (Å²) in [5, 5.41) is 5.79. The number of likely N-dealkylation sites (tertiary alicyclic amines) is 1. The Balaban J connectivity index is 1.51. The first-order valence-electron chi connectivity index (χ1n) is 12.3. The van der Waals surface area contributed by atoms with Crippen LogP contribution in [0.15, 0.2) is 48.7 Å². The highest BCUT2D eigenvalue weighted by atomic mass is 16.5. The second-order valence-electron chi connectivity index (χ2n) is 9.29. The molecule has 0 spiro atoms. The van der Waals surface area contributed by atoms with Crippen LogP contribution in [0, 0.1) is 6.92 Å². The number of hydrogen-bond acceptors (Lipinski definition) is 6. The van der Waals surface area contributed by atoms with Gasteiger partial charge in [-0.15, -0.1) is 0 Å². The molecule has 3 aromatic heterocycles. The van der Waals surface area contributed by atoms with Gasteiger partial charge in [0.15, 0.2) is 0 Å². The van der Waals surface area contributed by atoms with Crippen LogP contribution in [0.1, 0.15) is 29.0 Å². The van der Waals surface area contributed by atoms with Crippen LogP contribution in [-0.4, -0.2) is 64.0 Å². The Morgan fingerprint density at radius 3 is 2.78 bits per heavy atom. The Hall–Kier alpha value is -4.04. The summed E-state index contributed by atoms with van der Waals surface area (Å²) < 4.78 is 5.60. The summed E-state index contributed by atoms with van der Waals surface area (Å²) in [7, 11) is 1.67. The third kappa shape index (κ3) is 3.93. The second kappa shape index (κ2) is 9.20. The average molecular weight is 481 g/mol. The number of nitrogens with one attached hydrogen (secondary N) is 2. The molecule has 6 rings (SSSR count). The van der Waals surface area contributed by atoms with E-state index < -0.39 is 0 Å². The van der Waals surface area contributed by atoms with Crippen molar-refractivity contribution >= 4 is 38.7 Å². The average Bonchev–Trinajstić information content (AvgIpc) is 3.54. The van der Waals surface area contributed by atoms with Crippen LogP contribution in [0.2, 0.25) is 0 Å². The summed E-state index contributed by atoms with van der Waals surface area (Å²) in [6.07, 6.45) is 4.23. The van der Waals surface area contributed by atoms with Crippen molar-refractivity contribution < 1.29 is 9.53 Å². The molecule has 1 saturated heterocycles. The van der Waals surface area contributed by atoms with Gasteiger partial charge in [-0.05, 0) is 62.7 Å². The molecule has 0 radical (unpaired) electrons. The largest absolute Gasteiger partial charge is 0.496 e. The van der Waals surface area contributed by atoms with Gasteiger partial charge in [-0.3, -0.25) is 9.78 Å². The van der Waals surface area contributed by atoms with E-state index >= 15 is 0 Å². The minimum Gasteiger partial charge on any atom is -0.496 e. The number of fused-ring (bicyclic) bond motifs is 4. The number of methoxy groups -OCH3 is 1. The van der Waals surface area contributed by atoms with Crippen molar-refractivity contribution in [3.8, 4) is 17.0 Å². The summed E-state index contributed by atoms with van der Waals surface area (Å²) in [5.41, 5.74) is 5.02. The molecule has 1 fully saturated rings. The number of rotatable bonds is 6. The highest BCUT2D eigenvalue weighted by molar-refractivity contribution is 6.15. The number of carbonyl (C=O) groups excluding carboxylic acids is 1. The quantitative estimate of drug-likeness (QED) is 0.372. The molecule has 2 N–H and O–H groups in total. The van der Waals surface area contributed by atoms with E-state index in [2.05, 4.69) is 25.2 Å². The maximum Gasteiger partial charge on any atom is 0.289 e. The van der Waals surface area contributed by atoms with Crippen molar-refractivity contribution in [1.82, 2.24) is 30.2 Å². The Morgan fingerprint density at radius 1 is 1.11 bits per heavy atom. The number of carbonyl (C=O) groups is 1. The van der Waals surface area contributed by atoms with Crippen molar-refractivity contribution in [3.63, 3.8) is 0 Å². The number of aryl methyl sites for hydroxylation is 1. The van der Waals surface area contributed by atoms with Gasteiger partial charge in [-0.1, -0.05) is 18.2 Å². The fourth-order valence-electron chi connectivity index (χ4n) is 5.16. The highest BCUT2D eigenvalue weighted by Crippen LogP contribution is 2.37. The summed E-state index contributed by atoms with van der Waals surface area (Å²) >= 11 is 0. The van der Waals surface area contributed by atoms with Crippen LogP contribution in [0.5, 0.6) is 5.75 Å². The Labute approximate surface area is 208 Å². The van der Waals surface area contributed by atoms with Gasteiger partial charge in [0, 0.05) is 41.1 Å². The molecular weight excluding hydrogens is 452 g/mol. The lowest BCUT2D eigenvalue weighted by Gasteiger charge is -2.14. The van der Waals surface area contributed by atoms with Gasteiger partial charge in [0.1, 0.15) is 11.4 Å². The maximum atomic E-state index is 13.2. The third-order valence-electron chi connectivity index (χ3n) is 6.99. The lowest BCUT2D eigenvalue weighted by atomic mass is 10.0. The normalized spacial score (nSPS) is 14.2. The molecule has 36 heavy (non-hydrogen) atoms. The highest BCUT2D eigenvalue weighted by Gasteiger charge is 2.21. The SMILES string of the molecule is COc1cc2c(cc1C)[nH]c1nc(C(=O)NCCN3CCCC3)nc(-c3ccnc4ccccc34)c12. The molecule has 8 heteroatoms. The van der Waals surface area contributed by atoms with Crippen LogP contribution in [0.25, 0.3) is 44.1 Å². The van der Waals surface area contributed by atoms with E-state index in [1.165, 1.54) is 12.8 Å². The molecule has 0 saturated carbocycles. The number of benzene rings is 2. The van der Waals surface area contributed by atoms with Crippen molar-refractivity contribution in [2.24, 2.45) is 0 Å². The smallest absolute Gasteiger partial charge is 0.289 e. The topological polar surface area (TPSA) is 96.0 Å². The van der Waals surface area contributed by atoms with Crippen molar-refractivity contribution in [1.29, 1.82) is 0 Å². The molecule has 2 aromatic carbocycles. The number of amides is 1. The molecule has 4 heterocycles. The van der Waals surface area contributed by atoms with Crippen LogP contribution in [-0.2, 0) is 0 Å². The molecule has 1 aliphatic heterocycles. The molecule has 0 bridgehead atoms.